The standard InChI is InChI=1S/C18H24INO4/c1-3-23-17(21)6-5-15-11-13-7-9-20(18(22)24-4-2)10-8-14(13)12-16(15)19/h11-12H,3-10H2,1-2H3. The topological polar surface area (TPSA) is 55.8 Å². The third-order valence-electron chi connectivity index (χ3n) is 4.10. The molecule has 0 N–H and O–H groups in total. The van der Waals surface area contributed by atoms with Crippen LogP contribution in [0.4, 0.5) is 4.79 Å². The minimum absolute atomic E-state index is 0.156. The molecule has 1 aliphatic heterocycles. The lowest BCUT2D eigenvalue weighted by Crippen LogP contribution is -2.33. The number of aryl methyl sites for hydroxylation is 1. The van der Waals surface area contributed by atoms with Gasteiger partial charge in [-0.15, -0.1) is 0 Å². The highest BCUT2D eigenvalue weighted by atomic mass is 127. The van der Waals surface area contributed by atoms with Gasteiger partial charge < -0.3 is 14.4 Å². The molecule has 1 aromatic carbocycles. The number of rotatable bonds is 5. The summed E-state index contributed by atoms with van der Waals surface area (Å²) in [6.45, 7) is 5.82. The van der Waals surface area contributed by atoms with E-state index >= 15 is 0 Å². The van der Waals surface area contributed by atoms with E-state index in [-0.39, 0.29) is 12.1 Å². The minimum Gasteiger partial charge on any atom is -0.466 e. The predicted octanol–water partition coefficient (Wildman–Crippen LogP) is 3.34. The van der Waals surface area contributed by atoms with Crippen LogP contribution in [0.2, 0.25) is 0 Å². The van der Waals surface area contributed by atoms with Crippen molar-refractivity contribution in [3.05, 3.63) is 32.4 Å². The van der Waals surface area contributed by atoms with Crippen LogP contribution in [0.15, 0.2) is 12.1 Å². The molecule has 0 radical (unpaired) electrons. The molecule has 0 bridgehead atoms. The highest BCUT2D eigenvalue weighted by molar-refractivity contribution is 14.1. The Bertz CT molecular complexity index is 603. The summed E-state index contributed by atoms with van der Waals surface area (Å²) in [6, 6.07) is 4.37. The molecule has 0 spiro atoms. The van der Waals surface area contributed by atoms with Gasteiger partial charge in [-0.05, 0) is 78.5 Å². The first-order valence-corrected chi connectivity index (χ1v) is 9.50. The first kappa shape index (κ1) is 19.0. The number of halogens is 1. The molecule has 1 aliphatic rings. The van der Waals surface area contributed by atoms with Crippen LogP contribution >= 0.6 is 22.6 Å². The van der Waals surface area contributed by atoms with Crippen molar-refractivity contribution in [2.24, 2.45) is 0 Å². The zero-order valence-electron chi connectivity index (χ0n) is 14.3. The van der Waals surface area contributed by atoms with E-state index in [0.717, 1.165) is 12.8 Å². The van der Waals surface area contributed by atoms with Gasteiger partial charge >= 0.3 is 12.1 Å². The number of nitrogens with zero attached hydrogens (tertiary/aromatic N) is 1. The van der Waals surface area contributed by atoms with Crippen molar-refractivity contribution < 1.29 is 19.1 Å². The molecule has 0 saturated carbocycles. The van der Waals surface area contributed by atoms with Crippen molar-refractivity contribution in [2.75, 3.05) is 26.3 Å². The summed E-state index contributed by atoms with van der Waals surface area (Å²) in [5.41, 5.74) is 3.72. The van der Waals surface area contributed by atoms with Crippen LogP contribution < -0.4 is 0 Å². The van der Waals surface area contributed by atoms with Gasteiger partial charge in [-0.25, -0.2) is 4.79 Å². The zero-order chi connectivity index (χ0) is 17.5. The smallest absolute Gasteiger partial charge is 0.409 e. The first-order chi connectivity index (χ1) is 11.5. The molecular weight excluding hydrogens is 421 g/mol. The fraction of sp³-hybridized carbons (Fsp3) is 0.556. The van der Waals surface area contributed by atoms with E-state index in [1.807, 2.05) is 13.8 Å². The lowest BCUT2D eigenvalue weighted by molar-refractivity contribution is -0.143. The van der Waals surface area contributed by atoms with E-state index in [9.17, 15) is 9.59 Å². The molecule has 0 aliphatic carbocycles. The molecule has 5 nitrogen and oxygen atoms in total. The van der Waals surface area contributed by atoms with Gasteiger partial charge in [-0.1, -0.05) is 6.07 Å². The molecule has 1 heterocycles. The quantitative estimate of drug-likeness (QED) is 0.516. The maximum absolute atomic E-state index is 11.9. The Kier molecular flexibility index (Phi) is 7.33. The molecule has 0 fully saturated rings. The van der Waals surface area contributed by atoms with E-state index < -0.39 is 0 Å². The van der Waals surface area contributed by atoms with Gasteiger partial charge in [-0.3, -0.25) is 4.79 Å². The molecule has 6 heteroatoms. The minimum atomic E-state index is -0.234. The van der Waals surface area contributed by atoms with Crippen LogP contribution in [0.3, 0.4) is 0 Å². The number of benzene rings is 1. The average molecular weight is 445 g/mol. The Morgan fingerprint density at radius 2 is 1.71 bits per heavy atom. The Hall–Kier alpha value is -1.31. The van der Waals surface area contributed by atoms with E-state index in [1.54, 1.807) is 4.90 Å². The number of hydrogen-bond donors (Lipinski definition) is 0. The Morgan fingerprint density at radius 1 is 1.08 bits per heavy atom. The molecule has 2 rings (SSSR count). The van der Waals surface area contributed by atoms with Crippen LogP contribution in [0.5, 0.6) is 0 Å². The van der Waals surface area contributed by atoms with Gasteiger partial charge in [-0.2, -0.15) is 0 Å². The van der Waals surface area contributed by atoms with Crippen molar-refractivity contribution in [1.82, 2.24) is 4.90 Å². The Labute approximate surface area is 156 Å². The highest BCUT2D eigenvalue weighted by Gasteiger charge is 2.20. The molecule has 0 saturated heterocycles. The molecule has 0 unspecified atom stereocenters. The van der Waals surface area contributed by atoms with E-state index in [2.05, 4.69) is 34.7 Å². The summed E-state index contributed by atoms with van der Waals surface area (Å²) in [5, 5.41) is 0. The van der Waals surface area contributed by atoms with Gasteiger partial charge in [0.05, 0.1) is 13.2 Å². The van der Waals surface area contributed by atoms with Crippen molar-refractivity contribution >= 4 is 34.7 Å². The second-order valence-corrected chi connectivity index (χ2v) is 6.87. The number of carbonyl (C=O) groups is 2. The van der Waals surface area contributed by atoms with E-state index in [4.69, 9.17) is 9.47 Å². The van der Waals surface area contributed by atoms with Gasteiger partial charge in [0, 0.05) is 23.1 Å². The van der Waals surface area contributed by atoms with Crippen LogP contribution in [-0.4, -0.2) is 43.3 Å². The average Bonchev–Trinajstić information content (AvgIpc) is 2.75. The van der Waals surface area contributed by atoms with E-state index in [0.29, 0.717) is 39.1 Å². The fourth-order valence-corrected chi connectivity index (χ4v) is 3.66. The zero-order valence-corrected chi connectivity index (χ0v) is 16.4. The van der Waals surface area contributed by atoms with Gasteiger partial charge in [0.2, 0.25) is 0 Å². The van der Waals surface area contributed by atoms with Crippen molar-refractivity contribution in [1.29, 1.82) is 0 Å². The lowest BCUT2D eigenvalue weighted by atomic mass is 9.98. The number of ether oxygens (including phenoxy) is 2. The SMILES string of the molecule is CCOC(=O)CCc1cc2c(cc1I)CCN(C(=O)OCC)CC2. The molecule has 1 aromatic rings. The molecule has 0 aromatic heterocycles. The van der Waals surface area contributed by atoms with Gasteiger partial charge in [0.1, 0.15) is 0 Å². The molecular formula is C18H24INO4. The maximum Gasteiger partial charge on any atom is 0.409 e. The summed E-state index contributed by atoms with van der Waals surface area (Å²) in [7, 11) is 0. The number of hydrogen-bond acceptors (Lipinski definition) is 4. The second kappa shape index (κ2) is 9.25. The van der Waals surface area contributed by atoms with Crippen molar-refractivity contribution in [3.63, 3.8) is 0 Å². The molecule has 1 amide bonds. The van der Waals surface area contributed by atoms with Crippen LogP contribution in [0.25, 0.3) is 0 Å². The summed E-state index contributed by atoms with van der Waals surface area (Å²) < 4.78 is 11.3. The van der Waals surface area contributed by atoms with Gasteiger partial charge in [0.15, 0.2) is 0 Å². The predicted molar refractivity (Wildman–Crippen MR) is 100 cm³/mol. The van der Waals surface area contributed by atoms with Crippen LogP contribution in [0.1, 0.15) is 37.0 Å². The van der Waals surface area contributed by atoms with Crippen LogP contribution in [-0.2, 0) is 33.5 Å². The third-order valence-corrected chi connectivity index (χ3v) is 5.10. The number of esters is 1. The maximum atomic E-state index is 11.9. The summed E-state index contributed by atoms with van der Waals surface area (Å²) in [4.78, 5) is 25.3. The third kappa shape index (κ3) is 5.09. The van der Waals surface area contributed by atoms with E-state index in [1.165, 1.54) is 20.3 Å². The summed E-state index contributed by atoms with van der Waals surface area (Å²) in [5.74, 6) is -0.156. The molecule has 132 valence electrons. The largest absolute Gasteiger partial charge is 0.466 e. The molecule has 0 atom stereocenters. The Balaban J connectivity index is 2.06. The number of fused-ring (bicyclic) bond motifs is 1. The second-order valence-electron chi connectivity index (χ2n) is 5.70. The Morgan fingerprint density at radius 3 is 2.33 bits per heavy atom. The van der Waals surface area contributed by atoms with Crippen molar-refractivity contribution in [2.45, 2.75) is 39.5 Å². The first-order valence-electron chi connectivity index (χ1n) is 8.42. The fourth-order valence-electron chi connectivity index (χ4n) is 2.86. The lowest BCUT2D eigenvalue weighted by Gasteiger charge is -2.18. The van der Waals surface area contributed by atoms with Gasteiger partial charge in [0.25, 0.3) is 0 Å². The van der Waals surface area contributed by atoms with Crippen molar-refractivity contribution in [3.8, 4) is 0 Å². The molecule has 24 heavy (non-hydrogen) atoms. The normalized spacial score (nSPS) is 13.9. The number of amides is 1. The van der Waals surface area contributed by atoms with Crippen LogP contribution in [0, 0.1) is 3.57 Å². The monoisotopic (exact) mass is 445 g/mol. The number of carbonyl (C=O) groups excluding carboxylic acids is 2. The summed E-state index contributed by atoms with van der Waals surface area (Å²) >= 11 is 2.32. The summed E-state index contributed by atoms with van der Waals surface area (Å²) in [6.07, 6.45) is 2.51. The highest BCUT2D eigenvalue weighted by Crippen LogP contribution is 2.24.